The molecule has 0 bridgehead atoms. The van der Waals surface area contributed by atoms with E-state index in [1.54, 1.807) is 0 Å². The van der Waals surface area contributed by atoms with E-state index in [0.717, 1.165) is 0 Å². The van der Waals surface area contributed by atoms with Crippen LogP contribution in [0.3, 0.4) is 0 Å². The lowest BCUT2D eigenvalue weighted by Crippen LogP contribution is -1.60. The molecule has 1 rings (SSSR count). The zero-order valence-corrected chi connectivity index (χ0v) is 3.85. The Labute approximate surface area is 35.8 Å². The minimum atomic E-state index is 1.21. The zero-order chi connectivity index (χ0) is 3.54. The van der Waals surface area contributed by atoms with E-state index in [4.69, 9.17) is 0 Å². The third-order valence-corrected chi connectivity index (χ3v) is 1.53. The Kier molecular flexibility index (Phi) is 0.922. The van der Waals surface area contributed by atoms with Gasteiger partial charge in [0.05, 0.1) is 0 Å². The van der Waals surface area contributed by atoms with Crippen LogP contribution in [0.1, 0.15) is 12.8 Å². The van der Waals surface area contributed by atoms with Crippen molar-refractivity contribution in [2.24, 2.45) is 0 Å². The Morgan fingerprint density at radius 3 is 2.80 bits per heavy atom. The molecule has 1 heterocycles. The molecule has 0 fully saturated rings. The summed E-state index contributed by atoms with van der Waals surface area (Å²) in [4.78, 5) is 0. The Morgan fingerprint density at radius 2 is 2.60 bits per heavy atom. The van der Waals surface area contributed by atoms with E-state index in [2.05, 4.69) is 5.18 Å². The highest BCUT2D eigenvalue weighted by Crippen LogP contribution is 2.00. The summed E-state index contributed by atoms with van der Waals surface area (Å²) < 4.78 is 0. The number of hydrogen-bond donors (Lipinski definition) is 0. The lowest BCUT2D eigenvalue weighted by atomic mass is 10.4. The van der Waals surface area contributed by atoms with Crippen LogP contribution in [-0.4, -0.2) is 5.75 Å². The molecule has 0 radical (unpaired) electrons. The molecule has 1 heteroatoms. The van der Waals surface area contributed by atoms with Crippen LogP contribution in [-0.2, 0) is 0 Å². The Balaban J connectivity index is 2.42. The van der Waals surface area contributed by atoms with Crippen molar-refractivity contribution in [3.05, 3.63) is 0 Å². The predicted molar refractivity (Wildman–Crippen MR) is 25.6 cm³/mol. The number of rotatable bonds is 0. The maximum atomic E-state index is 3.14. The van der Waals surface area contributed by atoms with Gasteiger partial charge in [0.2, 0.25) is 0 Å². The molecule has 28 valence electrons. The van der Waals surface area contributed by atoms with Gasteiger partial charge in [0.1, 0.15) is 0 Å². The first-order chi connectivity index (χ1) is 2.50. The second-order valence-electron chi connectivity index (χ2n) is 1.10. The molecule has 5 heavy (non-hydrogen) atoms. The molecule has 0 unspecified atom stereocenters. The largest absolute Gasteiger partial charge is 0.135 e. The van der Waals surface area contributed by atoms with Crippen molar-refractivity contribution in [3.63, 3.8) is 0 Å². The van der Waals surface area contributed by atoms with E-state index in [-0.39, 0.29) is 0 Å². The first-order valence-electron chi connectivity index (χ1n) is 1.85. The van der Waals surface area contributed by atoms with E-state index in [1.165, 1.54) is 18.6 Å². The first kappa shape index (κ1) is 3.20. The van der Waals surface area contributed by atoms with Gasteiger partial charge in [-0.05, 0) is 6.42 Å². The second-order valence-corrected chi connectivity index (χ2v) is 2.08. The van der Waals surface area contributed by atoms with Crippen molar-refractivity contribution in [3.8, 4) is 5.18 Å². The summed E-state index contributed by atoms with van der Waals surface area (Å²) in [6, 6.07) is 0. The van der Waals surface area contributed by atoms with Gasteiger partial charge in [-0.2, -0.15) is 0 Å². The lowest BCUT2D eigenvalue weighted by Gasteiger charge is -1.67. The average Bonchev–Trinajstić information content (AvgIpc) is 1.76. The summed E-state index contributed by atoms with van der Waals surface area (Å²) in [6.07, 6.45) is 2.56. The summed E-state index contributed by atoms with van der Waals surface area (Å²) in [5.41, 5.74) is 0. The van der Waals surface area contributed by atoms with Crippen LogP contribution in [0.4, 0.5) is 0 Å². The van der Waals surface area contributed by atoms with Crippen LogP contribution >= 0.6 is 11.2 Å². The van der Waals surface area contributed by atoms with E-state index in [1.807, 2.05) is 11.2 Å². The Hall–Kier alpha value is 0. The third-order valence-electron chi connectivity index (χ3n) is 0.627. The minimum absolute atomic E-state index is 1.21. The first-order valence-corrected chi connectivity index (χ1v) is 2.83. The van der Waals surface area contributed by atoms with Crippen LogP contribution < -0.4 is 0 Å². The SMILES string of the molecule is C1#SCCC1. The van der Waals surface area contributed by atoms with Crippen molar-refractivity contribution in [2.45, 2.75) is 12.8 Å². The molecule has 0 nitrogen and oxygen atoms in total. The van der Waals surface area contributed by atoms with E-state index < -0.39 is 0 Å². The zero-order valence-electron chi connectivity index (χ0n) is 3.03. The van der Waals surface area contributed by atoms with E-state index in [0.29, 0.717) is 0 Å². The summed E-state index contributed by atoms with van der Waals surface area (Å²) in [7, 11) is 0. The Morgan fingerprint density at radius 1 is 1.60 bits per heavy atom. The molecular weight excluding hydrogens is 80.1 g/mol. The number of hydrogen-bond acceptors (Lipinski definition) is 0. The molecule has 0 spiro atoms. The van der Waals surface area contributed by atoms with Gasteiger partial charge in [-0.1, -0.05) is 5.18 Å². The van der Waals surface area contributed by atoms with Crippen LogP contribution in [0, 0.1) is 5.18 Å². The topological polar surface area (TPSA) is 0 Å². The fraction of sp³-hybridized carbons (Fsp3) is 0.750. The minimum Gasteiger partial charge on any atom is -0.135 e. The highest BCUT2D eigenvalue weighted by Gasteiger charge is 1.83. The normalized spacial score (nSPS) is 19.2. The highest BCUT2D eigenvalue weighted by molar-refractivity contribution is 7.88. The average molecular weight is 86.2 g/mol. The molecule has 0 atom stereocenters. The molecule has 1 aliphatic rings. The van der Waals surface area contributed by atoms with Crippen molar-refractivity contribution in [1.29, 1.82) is 0 Å². The molecule has 0 aromatic carbocycles. The molecular formula is C4H6S. The van der Waals surface area contributed by atoms with Gasteiger partial charge in [0.15, 0.2) is 0 Å². The second kappa shape index (κ2) is 1.44. The van der Waals surface area contributed by atoms with Crippen molar-refractivity contribution < 1.29 is 0 Å². The van der Waals surface area contributed by atoms with Crippen molar-refractivity contribution in [2.75, 3.05) is 5.75 Å². The van der Waals surface area contributed by atoms with Gasteiger partial charge in [-0.25, -0.2) is 0 Å². The molecule has 0 saturated heterocycles. The molecule has 0 amide bonds. The molecule has 1 aliphatic heterocycles. The fourth-order valence-electron chi connectivity index (χ4n) is 0.361. The lowest BCUT2D eigenvalue weighted by molar-refractivity contribution is 1.02. The summed E-state index contributed by atoms with van der Waals surface area (Å²) >= 11 is 1.82. The quantitative estimate of drug-likeness (QED) is 0.419. The molecule has 0 N–H and O–H groups in total. The van der Waals surface area contributed by atoms with Gasteiger partial charge in [0.25, 0.3) is 0 Å². The molecule has 0 aliphatic carbocycles. The van der Waals surface area contributed by atoms with Crippen LogP contribution in [0.5, 0.6) is 0 Å². The summed E-state index contributed by atoms with van der Waals surface area (Å²) in [5, 5.41) is 3.14. The van der Waals surface area contributed by atoms with Crippen molar-refractivity contribution in [1.82, 2.24) is 0 Å². The van der Waals surface area contributed by atoms with Crippen LogP contribution in [0.2, 0.25) is 0 Å². The monoisotopic (exact) mass is 86.0 g/mol. The van der Waals surface area contributed by atoms with Gasteiger partial charge >= 0.3 is 0 Å². The van der Waals surface area contributed by atoms with Gasteiger partial charge < -0.3 is 0 Å². The highest BCUT2D eigenvalue weighted by atomic mass is 32.1. The van der Waals surface area contributed by atoms with Crippen LogP contribution in [0.25, 0.3) is 0 Å². The molecule has 0 aromatic rings. The molecule has 0 saturated carbocycles. The predicted octanol–water partition coefficient (Wildman–Crippen LogP) is 1.47. The van der Waals surface area contributed by atoms with Crippen LogP contribution in [0.15, 0.2) is 0 Å². The third kappa shape index (κ3) is 0.640. The van der Waals surface area contributed by atoms with Crippen molar-refractivity contribution >= 4 is 11.2 Å². The fourth-order valence-corrected chi connectivity index (χ4v) is 1.08. The summed E-state index contributed by atoms with van der Waals surface area (Å²) in [5.74, 6) is 1.31. The van der Waals surface area contributed by atoms with Gasteiger partial charge in [0, 0.05) is 12.2 Å². The van der Waals surface area contributed by atoms with E-state index in [9.17, 15) is 0 Å². The molecule has 0 aromatic heterocycles. The standard InChI is InChI=1S/C4H6S/c1-2-4-5-3-1/h1-3H2. The maximum absolute atomic E-state index is 3.14. The van der Waals surface area contributed by atoms with E-state index >= 15 is 0 Å². The Bertz CT molecular complexity index is 67.4. The van der Waals surface area contributed by atoms with Gasteiger partial charge in [-0.3, -0.25) is 0 Å². The smallest absolute Gasteiger partial charge is 0.0187 e. The van der Waals surface area contributed by atoms with Gasteiger partial charge in [-0.15, -0.1) is 11.2 Å². The summed E-state index contributed by atoms with van der Waals surface area (Å²) in [6.45, 7) is 0. The maximum Gasteiger partial charge on any atom is 0.0187 e.